The molecule has 0 amide bonds. The zero-order valence-electron chi connectivity index (χ0n) is 16.5. The second-order valence-corrected chi connectivity index (χ2v) is 9.75. The lowest BCUT2D eigenvalue weighted by Gasteiger charge is -2.26. The van der Waals surface area contributed by atoms with Crippen molar-refractivity contribution in [1.82, 2.24) is 9.88 Å². The van der Waals surface area contributed by atoms with Gasteiger partial charge in [-0.3, -0.25) is 9.62 Å². The first-order valence-corrected chi connectivity index (χ1v) is 11.9. The fourth-order valence-corrected chi connectivity index (χ4v) is 5.50. The van der Waals surface area contributed by atoms with Crippen LogP contribution in [0.1, 0.15) is 15.2 Å². The van der Waals surface area contributed by atoms with E-state index in [1.165, 1.54) is 35.6 Å². The topological polar surface area (TPSA) is 109 Å². The van der Waals surface area contributed by atoms with E-state index in [0.29, 0.717) is 19.8 Å². The molecule has 0 unspecified atom stereocenters. The highest BCUT2D eigenvalue weighted by atomic mass is 32.2. The third kappa shape index (κ3) is 5.10. The average Bonchev–Trinajstić information content (AvgIpc) is 3.16. The minimum Gasteiger partial charge on any atom is -0.478 e. The fraction of sp³-hybridized carbons (Fsp3) is 0.238. The normalized spacial score (nSPS) is 15.0. The summed E-state index contributed by atoms with van der Waals surface area (Å²) in [6.45, 7) is 3.61. The van der Waals surface area contributed by atoms with E-state index in [9.17, 15) is 13.2 Å². The van der Waals surface area contributed by atoms with Gasteiger partial charge in [0.25, 0.3) is 10.0 Å². The van der Waals surface area contributed by atoms with Gasteiger partial charge in [0.2, 0.25) is 0 Å². The van der Waals surface area contributed by atoms with Crippen LogP contribution < -0.4 is 4.72 Å². The number of hydrogen-bond donors (Lipinski definition) is 2. The predicted molar refractivity (Wildman–Crippen MR) is 118 cm³/mol. The predicted octanol–water partition coefficient (Wildman–Crippen LogP) is 3.14. The number of benzene rings is 2. The van der Waals surface area contributed by atoms with Gasteiger partial charge in [0.05, 0.1) is 29.4 Å². The lowest BCUT2D eigenvalue weighted by Crippen LogP contribution is -2.35. The standard InChI is InChI=1S/C21H21N3O5S2/c25-20(26)16-6-8-17(9-7-16)31(27,28)23-21-22-19(15-4-2-1-3-5-15)18(30-21)14-24-10-12-29-13-11-24/h1-9H,10-14H2,(H,22,23)(H,25,26). The zero-order chi connectivity index (χ0) is 21.8. The van der Waals surface area contributed by atoms with Gasteiger partial charge >= 0.3 is 5.97 Å². The van der Waals surface area contributed by atoms with Crippen LogP contribution >= 0.6 is 11.3 Å². The average molecular weight is 460 g/mol. The van der Waals surface area contributed by atoms with Crippen LogP contribution in [-0.2, 0) is 21.3 Å². The highest BCUT2D eigenvalue weighted by Gasteiger charge is 2.22. The highest BCUT2D eigenvalue weighted by molar-refractivity contribution is 7.93. The smallest absolute Gasteiger partial charge is 0.335 e. The van der Waals surface area contributed by atoms with Crippen molar-refractivity contribution >= 4 is 32.5 Å². The maximum atomic E-state index is 12.8. The summed E-state index contributed by atoms with van der Waals surface area (Å²) in [6.07, 6.45) is 0. The van der Waals surface area contributed by atoms with Gasteiger partial charge in [-0.15, -0.1) is 0 Å². The Morgan fingerprint density at radius 3 is 2.42 bits per heavy atom. The molecule has 3 aromatic rings. The zero-order valence-corrected chi connectivity index (χ0v) is 18.2. The Balaban J connectivity index is 1.62. The number of nitrogens with one attached hydrogen (secondary N) is 1. The van der Waals surface area contributed by atoms with Crippen LogP contribution in [0.15, 0.2) is 59.5 Å². The molecule has 2 aromatic carbocycles. The SMILES string of the molecule is O=C(O)c1ccc(S(=O)(=O)Nc2nc(-c3ccccc3)c(CN3CCOCC3)s2)cc1. The van der Waals surface area contributed by atoms with Crippen molar-refractivity contribution in [2.45, 2.75) is 11.4 Å². The number of anilines is 1. The van der Waals surface area contributed by atoms with E-state index in [0.717, 1.165) is 29.2 Å². The van der Waals surface area contributed by atoms with E-state index in [2.05, 4.69) is 14.6 Å². The molecular formula is C21H21N3O5S2. The van der Waals surface area contributed by atoms with Crippen LogP contribution in [-0.4, -0.2) is 55.7 Å². The molecule has 0 atom stereocenters. The number of hydrogen-bond acceptors (Lipinski definition) is 7. The Kier molecular flexibility index (Phi) is 6.33. The number of carbonyl (C=O) groups is 1. The lowest BCUT2D eigenvalue weighted by atomic mass is 10.1. The Morgan fingerprint density at radius 2 is 1.77 bits per heavy atom. The second-order valence-electron chi connectivity index (χ2n) is 6.98. The third-order valence-electron chi connectivity index (χ3n) is 4.85. The summed E-state index contributed by atoms with van der Waals surface area (Å²) in [6, 6.07) is 14.7. The molecule has 8 nitrogen and oxygen atoms in total. The van der Waals surface area contributed by atoms with E-state index in [1.807, 2.05) is 30.3 Å². The van der Waals surface area contributed by atoms with Gasteiger partial charge in [-0.1, -0.05) is 41.7 Å². The maximum absolute atomic E-state index is 12.8. The minimum absolute atomic E-state index is 0.0207. The molecule has 31 heavy (non-hydrogen) atoms. The molecule has 1 aromatic heterocycles. The van der Waals surface area contributed by atoms with E-state index in [4.69, 9.17) is 9.84 Å². The maximum Gasteiger partial charge on any atom is 0.335 e. The number of morpholine rings is 1. The van der Waals surface area contributed by atoms with Gasteiger partial charge in [-0.05, 0) is 24.3 Å². The van der Waals surface area contributed by atoms with Gasteiger partial charge in [0, 0.05) is 30.1 Å². The lowest BCUT2D eigenvalue weighted by molar-refractivity contribution is 0.0347. The second kappa shape index (κ2) is 9.15. The molecule has 162 valence electrons. The van der Waals surface area contributed by atoms with Gasteiger partial charge in [-0.2, -0.15) is 0 Å². The van der Waals surface area contributed by atoms with Crippen molar-refractivity contribution in [3.05, 3.63) is 65.0 Å². The largest absolute Gasteiger partial charge is 0.478 e. The molecule has 0 spiro atoms. The quantitative estimate of drug-likeness (QED) is 0.559. The number of carboxylic acids is 1. The van der Waals surface area contributed by atoms with Crippen LogP contribution in [0.5, 0.6) is 0 Å². The Morgan fingerprint density at radius 1 is 1.10 bits per heavy atom. The summed E-state index contributed by atoms with van der Waals surface area (Å²) < 4.78 is 33.6. The summed E-state index contributed by atoms with van der Waals surface area (Å²) in [5.74, 6) is -1.11. The molecule has 1 saturated heterocycles. The highest BCUT2D eigenvalue weighted by Crippen LogP contribution is 2.33. The third-order valence-corrected chi connectivity index (χ3v) is 7.29. The number of ether oxygens (including phenoxy) is 1. The first-order valence-electron chi connectivity index (χ1n) is 9.64. The van der Waals surface area contributed by atoms with Crippen molar-refractivity contribution in [1.29, 1.82) is 0 Å². The number of sulfonamides is 1. The van der Waals surface area contributed by atoms with Crippen molar-refractivity contribution in [3.8, 4) is 11.3 Å². The number of thiazole rings is 1. The van der Waals surface area contributed by atoms with E-state index >= 15 is 0 Å². The van der Waals surface area contributed by atoms with Crippen LogP contribution in [0, 0.1) is 0 Å². The first kappa shape index (κ1) is 21.4. The Hall–Kier alpha value is -2.79. The molecule has 0 bridgehead atoms. The van der Waals surface area contributed by atoms with Crippen molar-refractivity contribution in [2.24, 2.45) is 0 Å². The van der Waals surface area contributed by atoms with Gasteiger partial charge in [0.15, 0.2) is 5.13 Å². The number of nitrogens with zero attached hydrogens (tertiary/aromatic N) is 2. The molecule has 0 radical (unpaired) electrons. The van der Waals surface area contributed by atoms with E-state index in [-0.39, 0.29) is 15.6 Å². The van der Waals surface area contributed by atoms with Gasteiger partial charge in [-0.25, -0.2) is 18.2 Å². The van der Waals surface area contributed by atoms with Crippen molar-refractivity contribution in [2.75, 3.05) is 31.0 Å². The summed E-state index contributed by atoms with van der Waals surface area (Å²) in [5.41, 5.74) is 1.68. The molecule has 4 rings (SSSR count). The van der Waals surface area contributed by atoms with Crippen molar-refractivity contribution in [3.63, 3.8) is 0 Å². The number of aromatic carboxylic acids is 1. The summed E-state index contributed by atoms with van der Waals surface area (Å²) in [5, 5.41) is 9.27. The van der Waals surface area contributed by atoms with Crippen LogP contribution in [0.4, 0.5) is 5.13 Å². The van der Waals surface area contributed by atoms with Gasteiger partial charge in [0.1, 0.15) is 0 Å². The van der Waals surface area contributed by atoms with Crippen molar-refractivity contribution < 1.29 is 23.1 Å². The number of carboxylic acid groups (broad SMARTS) is 1. The molecule has 1 aliphatic rings. The molecule has 2 heterocycles. The summed E-state index contributed by atoms with van der Waals surface area (Å²) in [7, 11) is -3.90. The van der Waals surface area contributed by atoms with E-state index in [1.54, 1.807) is 0 Å². The van der Waals surface area contributed by atoms with Crippen LogP contribution in [0.25, 0.3) is 11.3 Å². The Bertz CT molecular complexity index is 1160. The number of aromatic nitrogens is 1. The molecule has 0 saturated carbocycles. The van der Waals surface area contributed by atoms with Gasteiger partial charge < -0.3 is 9.84 Å². The number of rotatable bonds is 7. The molecule has 1 aliphatic heterocycles. The first-order chi connectivity index (χ1) is 14.9. The van der Waals surface area contributed by atoms with Crippen LogP contribution in [0.2, 0.25) is 0 Å². The molecule has 2 N–H and O–H groups in total. The minimum atomic E-state index is -3.90. The fourth-order valence-electron chi connectivity index (χ4n) is 3.24. The monoisotopic (exact) mass is 459 g/mol. The molecule has 1 fully saturated rings. The summed E-state index contributed by atoms with van der Waals surface area (Å²) in [4.78, 5) is 18.8. The summed E-state index contributed by atoms with van der Waals surface area (Å²) >= 11 is 1.30. The van der Waals surface area contributed by atoms with Crippen LogP contribution in [0.3, 0.4) is 0 Å². The molecular weight excluding hydrogens is 438 g/mol. The molecule has 10 heteroatoms. The van der Waals surface area contributed by atoms with E-state index < -0.39 is 16.0 Å². The molecule has 0 aliphatic carbocycles. The Labute approximate surface area is 184 Å².